The molecule has 3 rings (SSSR count). The maximum absolute atomic E-state index is 12.5. The van der Waals surface area contributed by atoms with Crippen LogP contribution < -0.4 is 10.5 Å². The van der Waals surface area contributed by atoms with Gasteiger partial charge in [0.25, 0.3) is 0 Å². The van der Waals surface area contributed by atoms with Gasteiger partial charge in [-0.15, -0.1) is 0 Å². The molecule has 0 aliphatic carbocycles. The molecule has 0 radical (unpaired) electrons. The molecule has 0 bridgehead atoms. The largest absolute Gasteiger partial charge is 0.486 e. The molecule has 0 saturated heterocycles. The molecule has 0 aliphatic heterocycles. The van der Waals surface area contributed by atoms with Gasteiger partial charge in [0.05, 0.1) is 5.56 Å². The summed E-state index contributed by atoms with van der Waals surface area (Å²) in [6, 6.07) is 11.6. The first kappa shape index (κ1) is 14.3. The first-order chi connectivity index (χ1) is 10.4. The number of hydrogen-bond donors (Lipinski definition) is 1. The number of nitrogen functional groups attached to an aromatic ring is 1. The van der Waals surface area contributed by atoms with Gasteiger partial charge < -0.3 is 14.9 Å². The molecular weight excluding hydrogens is 295 g/mol. The van der Waals surface area contributed by atoms with Gasteiger partial charge in [-0.25, -0.2) is 0 Å². The predicted molar refractivity (Wildman–Crippen MR) is 76.4 cm³/mol. The standard InChI is InChI=1S/C16H12F3NO2/c17-16(18,19)10-4-6-11(7-5-10)21-9-12-8-13-14(20)2-1-3-15(13)22-12/h1-8H,9,20H2. The van der Waals surface area contributed by atoms with Crippen molar-refractivity contribution in [3.8, 4) is 5.75 Å². The number of benzene rings is 2. The van der Waals surface area contributed by atoms with E-state index in [1.165, 1.54) is 12.1 Å². The van der Waals surface area contributed by atoms with E-state index in [1.54, 1.807) is 24.3 Å². The minimum absolute atomic E-state index is 0.111. The number of fused-ring (bicyclic) bond motifs is 1. The molecule has 0 saturated carbocycles. The second-order valence-corrected chi connectivity index (χ2v) is 4.78. The van der Waals surface area contributed by atoms with Crippen LogP contribution in [0.3, 0.4) is 0 Å². The third-order valence-electron chi connectivity index (χ3n) is 3.21. The van der Waals surface area contributed by atoms with Crippen molar-refractivity contribution >= 4 is 16.7 Å². The quantitative estimate of drug-likeness (QED) is 0.719. The number of furan rings is 1. The molecule has 0 fully saturated rings. The van der Waals surface area contributed by atoms with Crippen molar-refractivity contribution in [2.24, 2.45) is 0 Å². The van der Waals surface area contributed by atoms with Gasteiger partial charge in [-0.2, -0.15) is 13.2 Å². The lowest BCUT2D eigenvalue weighted by Gasteiger charge is -2.08. The molecule has 0 amide bonds. The molecule has 1 heterocycles. The highest BCUT2D eigenvalue weighted by Gasteiger charge is 2.30. The number of alkyl halides is 3. The normalized spacial score (nSPS) is 11.8. The third kappa shape index (κ3) is 2.86. The number of hydrogen-bond acceptors (Lipinski definition) is 3. The molecule has 3 aromatic rings. The molecule has 0 unspecified atom stereocenters. The van der Waals surface area contributed by atoms with Crippen LogP contribution in [0.15, 0.2) is 52.9 Å². The monoisotopic (exact) mass is 307 g/mol. The van der Waals surface area contributed by atoms with E-state index in [2.05, 4.69) is 0 Å². The molecular formula is C16H12F3NO2. The summed E-state index contributed by atoms with van der Waals surface area (Å²) in [5.74, 6) is 0.884. The summed E-state index contributed by atoms with van der Waals surface area (Å²) in [5.41, 5.74) is 6.36. The van der Waals surface area contributed by atoms with E-state index < -0.39 is 11.7 Å². The summed E-state index contributed by atoms with van der Waals surface area (Å²) in [4.78, 5) is 0. The second kappa shape index (κ2) is 5.29. The van der Waals surface area contributed by atoms with Crippen molar-refractivity contribution in [1.29, 1.82) is 0 Å². The van der Waals surface area contributed by atoms with Gasteiger partial charge in [-0.1, -0.05) is 6.07 Å². The van der Waals surface area contributed by atoms with Crippen molar-refractivity contribution in [3.05, 3.63) is 59.9 Å². The van der Waals surface area contributed by atoms with E-state index in [-0.39, 0.29) is 6.61 Å². The summed E-state index contributed by atoms with van der Waals surface area (Å²) < 4.78 is 48.4. The number of nitrogens with two attached hydrogens (primary N) is 1. The van der Waals surface area contributed by atoms with Gasteiger partial charge in [0.2, 0.25) is 0 Å². The van der Waals surface area contributed by atoms with E-state index >= 15 is 0 Å². The molecule has 0 aliphatic rings. The molecule has 114 valence electrons. The lowest BCUT2D eigenvalue weighted by atomic mass is 10.2. The van der Waals surface area contributed by atoms with Crippen molar-refractivity contribution in [2.75, 3.05) is 5.73 Å². The Hall–Kier alpha value is -2.63. The summed E-state index contributed by atoms with van der Waals surface area (Å²) in [5, 5.41) is 0.786. The summed E-state index contributed by atoms with van der Waals surface area (Å²) >= 11 is 0. The van der Waals surface area contributed by atoms with E-state index in [4.69, 9.17) is 14.9 Å². The van der Waals surface area contributed by atoms with Crippen molar-refractivity contribution in [1.82, 2.24) is 0 Å². The first-order valence-electron chi connectivity index (χ1n) is 6.50. The smallest absolute Gasteiger partial charge is 0.416 e. The zero-order chi connectivity index (χ0) is 15.7. The average molecular weight is 307 g/mol. The summed E-state index contributed by atoms with van der Waals surface area (Å²) in [6.45, 7) is 0.111. The van der Waals surface area contributed by atoms with Crippen LogP contribution >= 0.6 is 0 Å². The minimum atomic E-state index is -4.35. The predicted octanol–water partition coefficient (Wildman–Crippen LogP) is 4.61. The Morgan fingerprint density at radius 1 is 1.05 bits per heavy atom. The van der Waals surface area contributed by atoms with E-state index in [9.17, 15) is 13.2 Å². The van der Waals surface area contributed by atoms with E-state index in [0.29, 0.717) is 22.8 Å². The van der Waals surface area contributed by atoms with Crippen LogP contribution in [0.5, 0.6) is 5.75 Å². The third-order valence-corrected chi connectivity index (χ3v) is 3.21. The molecule has 0 spiro atoms. The molecule has 6 heteroatoms. The number of ether oxygens (including phenoxy) is 1. The van der Waals surface area contributed by atoms with Gasteiger partial charge in [-0.05, 0) is 42.5 Å². The zero-order valence-electron chi connectivity index (χ0n) is 11.4. The molecule has 0 atom stereocenters. The Morgan fingerprint density at radius 3 is 2.41 bits per heavy atom. The van der Waals surface area contributed by atoms with Gasteiger partial charge >= 0.3 is 6.18 Å². The minimum Gasteiger partial charge on any atom is -0.486 e. The average Bonchev–Trinajstić information content (AvgIpc) is 2.89. The maximum atomic E-state index is 12.5. The number of anilines is 1. The summed E-state index contributed by atoms with van der Waals surface area (Å²) in [7, 11) is 0. The van der Waals surface area contributed by atoms with Crippen LogP contribution in [-0.4, -0.2) is 0 Å². The van der Waals surface area contributed by atoms with Crippen LogP contribution in [0.2, 0.25) is 0 Å². The summed E-state index contributed by atoms with van der Waals surface area (Å²) in [6.07, 6.45) is -4.35. The molecule has 1 aromatic heterocycles. The molecule has 22 heavy (non-hydrogen) atoms. The van der Waals surface area contributed by atoms with Crippen molar-refractivity contribution in [3.63, 3.8) is 0 Å². The van der Waals surface area contributed by atoms with E-state index in [0.717, 1.165) is 17.5 Å². The molecule has 3 nitrogen and oxygen atoms in total. The topological polar surface area (TPSA) is 48.4 Å². The maximum Gasteiger partial charge on any atom is 0.416 e. The van der Waals surface area contributed by atoms with Gasteiger partial charge in [-0.3, -0.25) is 0 Å². The van der Waals surface area contributed by atoms with Crippen LogP contribution in [-0.2, 0) is 12.8 Å². The van der Waals surface area contributed by atoms with Gasteiger partial charge in [0, 0.05) is 11.1 Å². The number of rotatable bonds is 3. The van der Waals surface area contributed by atoms with Crippen LogP contribution in [0.4, 0.5) is 18.9 Å². The lowest BCUT2D eigenvalue weighted by Crippen LogP contribution is -2.04. The highest BCUT2D eigenvalue weighted by molar-refractivity contribution is 5.89. The fraction of sp³-hybridized carbons (Fsp3) is 0.125. The Bertz CT molecular complexity index is 791. The fourth-order valence-corrected chi connectivity index (χ4v) is 2.10. The lowest BCUT2D eigenvalue weighted by molar-refractivity contribution is -0.137. The van der Waals surface area contributed by atoms with Gasteiger partial charge in [0.1, 0.15) is 23.7 Å². The van der Waals surface area contributed by atoms with Crippen LogP contribution in [0.1, 0.15) is 11.3 Å². The Kier molecular flexibility index (Phi) is 3.44. The van der Waals surface area contributed by atoms with Crippen molar-refractivity contribution in [2.45, 2.75) is 12.8 Å². The molecule has 2 N–H and O–H groups in total. The Balaban J connectivity index is 1.72. The van der Waals surface area contributed by atoms with Crippen LogP contribution in [0.25, 0.3) is 11.0 Å². The van der Waals surface area contributed by atoms with Gasteiger partial charge in [0.15, 0.2) is 0 Å². The highest BCUT2D eigenvalue weighted by Crippen LogP contribution is 2.30. The van der Waals surface area contributed by atoms with Crippen LogP contribution in [0, 0.1) is 0 Å². The first-order valence-corrected chi connectivity index (χ1v) is 6.50. The SMILES string of the molecule is Nc1cccc2oc(COc3ccc(C(F)(F)F)cc3)cc12. The Morgan fingerprint density at radius 2 is 1.77 bits per heavy atom. The van der Waals surface area contributed by atoms with E-state index in [1.807, 2.05) is 0 Å². The molecule has 2 aromatic carbocycles. The number of halogens is 3. The fourth-order valence-electron chi connectivity index (χ4n) is 2.10. The zero-order valence-corrected chi connectivity index (χ0v) is 11.4. The highest BCUT2D eigenvalue weighted by atomic mass is 19.4. The van der Waals surface area contributed by atoms with Crippen molar-refractivity contribution < 1.29 is 22.3 Å². The Labute approximate surface area is 124 Å². The second-order valence-electron chi connectivity index (χ2n) is 4.78.